The normalized spacial score (nSPS) is 15.5. The molecule has 0 saturated heterocycles. The van der Waals surface area contributed by atoms with Gasteiger partial charge in [0.25, 0.3) is 0 Å². The maximum absolute atomic E-state index is 12.9. The van der Waals surface area contributed by atoms with E-state index in [1.807, 2.05) is 0 Å². The minimum absolute atomic E-state index is 0. The zero-order valence-electron chi connectivity index (χ0n) is 10.6. The van der Waals surface area contributed by atoms with E-state index < -0.39 is 59.3 Å². The zero-order chi connectivity index (χ0) is 16.4. The molecule has 3 nitrogen and oxygen atoms in total. The minimum atomic E-state index is -6.81. The van der Waals surface area contributed by atoms with Crippen LogP contribution in [0.4, 0.5) is 35.1 Å². The fourth-order valence-corrected chi connectivity index (χ4v) is 1.64. The molecule has 13 heteroatoms. The monoisotopic (exact) mass is 360 g/mol. The quantitative estimate of drug-likeness (QED) is 0.283. The van der Waals surface area contributed by atoms with E-state index in [2.05, 4.69) is 0 Å². The molecule has 0 saturated carbocycles. The van der Waals surface area contributed by atoms with Crippen molar-refractivity contribution < 1.29 is 77.7 Å². The van der Waals surface area contributed by atoms with Gasteiger partial charge in [-0.05, 0) is 19.3 Å². The van der Waals surface area contributed by atoms with Gasteiger partial charge in [0.15, 0.2) is 16.3 Å². The van der Waals surface area contributed by atoms with Gasteiger partial charge in [-0.15, -0.1) is 0 Å². The van der Waals surface area contributed by atoms with E-state index in [1.54, 1.807) is 0 Å². The first kappa shape index (κ1) is 23.6. The molecule has 0 heterocycles. The van der Waals surface area contributed by atoms with Crippen LogP contribution >= 0.6 is 0 Å². The number of hydrogen-bond acceptors (Lipinski definition) is 3. The molecule has 0 spiro atoms. The molecule has 0 N–H and O–H groups in total. The molecule has 0 rings (SSSR count). The molecule has 1 atom stereocenters. The Morgan fingerprint density at radius 3 is 1.71 bits per heavy atom. The largest absolute Gasteiger partial charge is 1.00 e. The third-order valence-corrected chi connectivity index (χ3v) is 3.16. The van der Waals surface area contributed by atoms with Crippen LogP contribution in [-0.4, -0.2) is 36.5 Å². The van der Waals surface area contributed by atoms with E-state index in [1.165, 1.54) is 0 Å². The summed E-state index contributed by atoms with van der Waals surface area (Å²) in [6.07, 6.45) is -12.9. The van der Waals surface area contributed by atoms with Crippen molar-refractivity contribution in [2.45, 2.75) is 49.2 Å². The molecule has 122 valence electrons. The van der Waals surface area contributed by atoms with E-state index in [-0.39, 0.29) is 29.6 Å². The van der Waals surface area contributed by atoms with E-state index in [0.29, 0.717) is 0 Å². The summed E-state index contributed by atoms with van der Waals surface area (Å²) in [6.45, 7) is 0. The van der Waals surface area contributed by atoms with Gasteiger partial charge in [-0.1, -0.05) is 0 Å². The summed E-state index contributed by atoms with van der Waals surface area (Å²) >= 11 is 0. The van der Waals surface area contributed by atoms with Crippen molar-refractivity contribution in [2.75, 3.05) is 0 Å². The van der Waals surface area contributed by atoms with Crippen LogP contribution in [0.15, 0.2) is 0 Å². The molecular weight excluding hydrogens is 351 g/mol. The Morgan fingerprint density at radius 1 is 0.952 bits per heavy atom. The number of rotatable bonds is 7. The van der Waals surface area contributed by atoms with Crippen molar-refractivity contribution in [3.8, 4) is 0 Å². The second-order valence-electron chi connectivity index (χ2n) is 3.92. The molecule has 0 aliphatic carbocycles. The fourth-order valence-electron chi connectivity index (χ4n) is 1.18. The zero-order valence-corrected chi connectivity index (χ0v) is 13.4. The van der Waals surface area contributed by atoms with Gasteiger partial charge in [0, 0.05) is 6.42 Å². The summed E-state index contributed by atoms with van der Waals surface area (Å²) in [5.74, 6) is -5.81. The van der Waals surface area contributed by atoms with Gasteiger partial charge in [0.1, 0.15) is 0 Å². The molecule has 0 aliphatic rings. The molecule has 0 aromatic carbocycles. The van der Waals surface area contributed by atoms with Gasteiger partial charge < -0.3 is 4.55 Å². The Bertz CT molecular complexity index is 422. The molecule has 0 radical (unpaired) electrons. The summed E-state index contributed by atoms with van der Waals surface area (Å²) in [4.78, 5) is 0. The first-order chi connectivity index (χ1) is 8.63. The Morgan fingerprint density at radius 2 is 1.38 bits per heavy atom. The van der Waals surface area contributed by atoms with E-state index in [9.17, 15) is 48.1 Å². The van der Waals surface area contributed by atoms with E-state index in [0.717, 1.165) is 0 Å². The molecule has 21 heavy (non-hydrogen) atoms. The van der Waals surface area contributed by atoms with Crippen molar-refractivity contribution in [3.05, 3.63) is 0 Å². The molecule has 0 aromatic heterocycles. The van der Waals surface area contributed by atoms with Crippen LogP contribution in [0.5, 0.6) is 0 Å². The Kier molecular flexibility index (Phi) is 8.72. The summed E-state index contributed by atoms with van der Waals surface area (Å²) < 4.78 is 129. The van der Waals surface area contributed by atoms with Gasteiger partial charge in [-0.3, -0.25) is 0 Å². The van der Waals surface area contributed by atoms with Crippen molar-refractivity contribution >= 4 is 10.1 Å². The fraction of sp³-hybridized carbons (Fsp3) is 1.00. The molecule has 0 fully saturated rings. The SMILES string of the molecule is O=S(=O)([O-])C(F)(F)C(F)(F)C(F)CCCCC(F)(F)F.[Na+]. The van der Waals surface area contributed by atoms with E-state index >= 15 is 0 Å². The van der Waals surface area contributed by atoms with Crippen LogP contribution in [0.2, 0.25) is 0 Å². The van der Waals surface area contributed by atoms with Gasteiger partial charge in [-0.2, -0.15) is 30.7 Å². The summed E-state index contributed by atoms with van der Waals surface area (Å²) in [5, 5.41) is -6.18. The average molecular weight is 360 g/mol. The molecule has 0 aromatic rings. The van der Waals surface area contributed by atoms with Crippen LogP contribution in [0, 0.1) is 0 Å². The van der Waals surface area contributed by atoms with Crippen molar-refractivity contribution in [3.63, 3.8) is 0 Å². The summed E-state index contributed by atoms with van der Waals surface area (Å²) in [5.41, 5.74) is 0. The average Bonchev–Trinajstić information content (AvgIpc) is 2.20. The number of alkyl halides is 8. The molecule has 1 unspecified atom stereocenters. The third-order valence-electron chi connectivity index (χ3n) is 2.26. The standard InChI is InChI=1S/C8H10F8O3S.Na/c9-5(3-1-2-4-6(10,11)12)7(13,14)8(15,16)20(17,18)19;/h5H,1-4H2,(H,17,18,19);/q;+1/p-1. The first-order valence-electron chi connectivity index (χ1n) is 5.05. The second kappa shape index (κ2) is 7.75. The third kappa shape index (κ3) is 6.55. The number of unbranched alkanes of at least 4 members (excludes halogenated alkanes) is 1. The van der Waals surface area contributed by atoms with Crippen LogP contribution in [0.3, 0.4) is 0 Å². The Hall–Kier alpha value is 0.350. The number of halogens is 8. The molecule has 0 aliphatic heterocycles. The molecular formula is C8H9F8NaO3S. The smallest absolute Gasteiger partial charge is 0.743 e. The summed E-state index contributed by atoms with van der Waals surface area (Å²) in [6, 6.07) is 0. The molecule has 0 amide bonds. The predicted octanol–water partition coefficient (Wildman–Crippen LogP) is 0.225. The van der Waals surface area contributed by atoms with Crippen LogP contribution in [0.1, 0.15) is 25.7 Å². The van der Waals surface area contributed by atoms with Gasteiger partial charge in [0.05, 0.1) is 0 Å². The van der Waals surface area contributed by atoms with Crippen LogP contribution < -0.4 is 29.6 Å². The Balaban J connectivity index is 0. The van der Waals surface area contributed by atoms with Crippen LogP contribution in [0.25, 0.3) is 0 Å². The maximum Gasteiger partial charge on any atom is 1.00 e. The predicted molar refractivity (Wildman–Crippen MR) is 49.0 cm³/mol. The van der Waals surface area contributed by atoms with Gasteiger partial charge in [-0.25, -0.2) is 12.8 Å². The Labute approximate surface area is 137 Å². The van der Waals surface area contributed by atoms with E-state index in [4.69, 9.17) is 0 Å². The van der Waals surface area contributed by atoms with Crippen molar-refractivity contribution in [2.24, 2.45) is 0 Å². The topological polar surface area (TPSA) is 57.2 Å². The maximum atomic E-state index is 12.9. The molecule has 0 bridgehead atoms. The van der Waals surface area contributed by atoms with Gasteiger partial charge in [0.2, 0.25) is 0 Å². The van der Waals surface area contributed by atoms with Gasteiger partial charge >= 0.3 is 46.9 Å². The second-order valence-corrected chi connectivity index (χ2v) is 5.34. The minimum Gasteiger partial charge on any atom is -0.743 e. The first-order valence-corrected chi connectivity index (χ1v) is 6.45. The van der Waals surface area contributed by atoms with Crippen molar-refractivity contribution in [1.82, 2.24) is 0 Å². The summed E-state index contributed by atoms with van der Waals surface area (Å²) in [7, 11) is -6.81. The van der Waals surface area contributed by atoms with Crippen molar-refractivity contribution in [1.29, 1.82) is 0 Å². The number of hydrogen-bond donors (Lipinski definition) is 0. The van der Waals surface area contributed by atoms with Crippen LogP contribution in [-0.2, 0) is 10.1 Å².